The first-order valence-electron chi connectivity index (χ1n) is 7.74. The molecule has 0 unspecified atom stereocenters. The van der Waals surface area contributed by atoms with Crippen molar-refractivity contribution in [2.24, 2.45) is 5.41 Å². The number of imidazole rings is 1. The first-order chi connectivity index (χ1) is 11.1. The van der Waals surface area contributed by atoms with Crippen LogP contribution < -0.4 is 10.6 Å². The highest BCUT2D eigenvalue weighted by molar-refractivity contribution is 5.86. The second kappa shape index (κ2) is 4.90. The number of aromatic nitrogens is 4. The summed E-state index contributed by atoms with van der Waals surface area (Å²) in [5, 5.41) is 18.8. The van der Waals surface area contributed by atoms with Crippen molar-refractivity contribution in [3.8, 4) is 0 Å². The van der Waals surface area contributed by atoms with E-state index in [1.807, 2.05) is 13.2 Å². The predicted octanol–water partition coefficient (Wildman–Crippen LogP) is 0.223. The lowest BCUT2D eigenvalue weighted by atomic mass is 10.1. The van der Waals surface area contributed by atoms with Gasteiger partial charge in [-0.05, 0) is 24.8 Å². The number of aliphatic hydroxyl groups excluding tert-OH is 2. The zero-order valence-electron chi connectivity index (χ0n) is 13.0. The van der Waals surface area contributed by atoms with E-state index in [4.69, 9.17) is 5.73 Å². The highest BCUT2D eigenvalue weighted by atomic mass is 16.3. The molecule has 0 atom stereocenters. The van der Waals surface area contributed by atoms with Gasteiger partial charge in [-0.15, -0.1) is 0 Å². The molecule has 2 fully saturated rings. The Kier molecular flexibility index (Phi) is 3.07. The van der Waals surface area contributed by atoms with Gasteiger partial charge in [0.15, 0.2) is 17.0 Å². The number of hydrogen-bond acceptors (Lipinski definition) is 7. The molecule has 2 heterocycles. The van der Waals surface area contributed by atoms with Gasteiger partial charge >= 0.3 is 0 Å². The summed E-state index contributed by atoms with van der Waals surface area (Å²) in [6.07, 6.45) is 6.53. The van der Waals surface area contributed by atoms with E-state index in [1.165, 1.54) is 0 Å². The highest BCUT2D eigenvalue weighted by Gasteiger charge is 2.48. The van der Waals surface area contributed by atoms with Crippen molar-refractivity contribution in [2.45, 2.75) is 25.3 Å². The molecule has 0 bridgehead atoms. The first-order valence-corrected chi connectivity index (χ1v) is 7.74. The summed E-state index contributed by atoms with van der Waals surface area (Å²) < 4.78 is 1.79. The number of nitrogen functional groups attached to an aromatic ring is 1. The van der Waals surface area contributed by atoms with Crippen molar-refractivity contribution in [2.75, 3.05) is 30.9 Å². The number of anilines is 2. The molecule has 0 spiro atoms. The number of nitrogens with two attached hydrogens (primary N) is 1. The molecule has 2 aromatic heterocycles. The van der Waals surface area contributed by atoms with Gasteiger partial charge in [0.05, 0.1) is 13.2 Å². The Bertz CT molecular complexity index is 791. The Morgan fingerprint density at radius 2 is 2.13 bits per heavy atom. The molecule has 0 radical (unpaired) electrons. The Morgan fingerprint density at radius 1 is 1.39 bits per heavy atom. The molecule has 0 aromatic carbocycles. The number of aliphatic hydroxyl groups is 2. The van der Waals surface area contributed by atoms with Gasteiger partial charge in [0.25, 0.3) is 0 Å². The van der Waals surface area contributed by atoms with E-state index in [9.17, 15) is 10.2 Å². The third-order valence-electron chi connectivity index (χ3n) is 4.83. The Morgan fingerprint density at radius 3 is 2.74 bits per heavy atom. The lowest BCUT2D eigenvalue weighted by Gasteiger charge is -2.17. The lowest BCUT2D eigenvalue weighted by molar-refractivity contribution is 0.143. The third kappa shape index (κ3) is 2.25. The van der Waals surface area contributed by atoms with Crippen LogP contribution in [0.5, 0.6) is 0 Å². The van der Waals surface area contributed by atoms with E-state index in [0.29, 0.717) is 23.6 Å². The van der Waals surface area contributed by atoms with Gasteiger partial charge in [-0.3, -0.25) is 4.57 Å². The van der Waals surface area contributed by atoms with Gasteiger partial charge in [-0.2, -0.15) is 9.97 Å². The number of rotatable bonds is 5. The molecule has 2 saturated carbocycles. The van der Waals surface area contributed by atoms with E-state index in [2.05, 4.69) is 19.9 Å². The normalized spacial score (nSPS) is 21.1. The van der Waals surface area contributed by atoms with Crippen molar-refractivity contribution in [3.05, 3.63) is 11.9 Å². The molecule has 122 valence electrons. The molecule has 0 amide bonds. The van der Waals surface area contributed by atoms with Crippen LogP contribution >= 0.6 is 0 Å². The van der Waals surface area contributed by atoms with E-state index < -0.39 is 5.41 Å². The van der Waals surface area contributed by atoms with Crippen LogP contribution in [0.2, 0.25) is 0 Å². The third-order valence-corrected chi connectivity index (χ3v) is 4.83. The zero-order chi connectivity index (χ0) is 16.2. The van der Waals surface area contributed by atoms with Crippen molar-refractivity contribution < 1.29 is 10.2 Å². The molecule has 23 heavy (non-hydrogen) atoms. The zero-order valence-corrected chi connectivity index (χ0v) is 13.0. The van der Waals surface area contributed by atoms with Crippen LogP contribution in [0.4, 0.5) is 11.8 Å². The van der Waals surface area contributed by atoms with E-state index in [1.54, 1.807) is 10.9 Å². The highest BCUT2D eigenvalue weighted by Crippen LogP contribution is 2.51. The van der Waals surface area contributed by atoms with Crippen LogP contribution in [0.15, 0.2) is 11.9 Å². The fourth-order valence-electron chi connectivity index (χ4n) is 2.93. The molecule has 8 heteroatoms. The molecule has 2 aromatic rings. The molecule has 2 aliphatic carbocycles. The summed E-state index contributed by atoms with van der Waals surface area (Å²) in [7, 11) is 2.00. The van der Waals surface area contributed by atoms with E-state index >= 15 is 0 Å². The van der Waals surface area contributed by atoms with Gasteiger partial charge in [-0.1, -0.05) is 0 Å². The Balaban J connectivity index is 1.77. The minimum Gasteiger partial charge on any atom is -0.395 e. The summed E-state index contributed by atoms with van der Waals surface area (Å²) in [6, 6.07) is 0.496. The number of nitrogens with zero attached hydrogens (tertiary/aromatic N) is 5. The average Bonchev–Trinajstić information content (AvgIpc) is 3.45. The van der Waals surface area contributed by atoms with E-state index in [-0.39, 0.29) is 19.2 Å². The molecule has 0 saturated heterocycles. The van der Waals surface area contributed by atoms with Gasteiger partial charge in [0.2, 0.25) is 5.95 Å². The van der Waals surface area contributed by atoms with Gasteiger partial charge in [0, 0.05) is 24.7 Å². The van der Waals surface area contributed by atoms with Crippen LogP contribution in [-0.2, 0) is 0 Å². The molecule has 8 nitrogen and oxygen atoms in total. The summed E-state index contributed by atoms with van der Waals surface area (Å²) in [5.41, 5.74) is 7.71. The fourth-order valence-corrected chi connectivity index (χ4v) is 2.93. The van der Waals surface area contributed by atoms with Crippen molar-refractivity contribution in [1.82, 2.24) is 19.5 Å². The van der Waals surface area contributed by atoms with Gasteiger partial charge < -0.3 is 20.8 Å². The topological polar surface area (TPSA) is 113 Å². The summed E-state index contributed by atoms with van der Waals surface area (Å²) in [5.74, 6) is 0.963. The smallest absolute Gasteiger partial charge is 0.224 e. The number of hydrogen-bond donors (Lipinski definition) is 3. The van der Waals surface area contributed by atoms with E-state index in [0.717, 1.165) is 24.2 Å². The van der Waals surface area contributed by atoms with Crippen LogP contribution in [0.1, 0.15) is 19.3 Å². The Labute approximate surface area is 133 Å². The predicted molar refractivity (Wildman–Crippen MR) is 86.7 cm³/mol. The lowest BCUT2D eigenvalue weighted by Crippen LogP contribution is -2.21. The minimum atomic E-state index is -0.497. The SMILES string of the molecule is CN(c1nc(N)nc2c1ncn2/C=C1/CC1(CO)CO)C1CC1. The van der Waals surface area contributed by atoms with Gasteiger partial charge in [0.1, 0.15) is 6.33 Å². The molecule has 2 aliphatic rings. The maximum Gasteiger partial charge on any atom is 0.224 e. The van der Waals surface area contributed by atoms with Crippen LogP contribution in [0.25, 0.3) is 17.4 Å². The first kappa shape index (κ1) is 14.4. The fraction of sp³-hybridized carbons (Fsp3) is 0.533. The maximum atomic E-state index is 9.42. The van der Waals surface area contributed by atoms with Crippen molar-refractivity contribution >= 4 is 29.1 Å². The second-order valence-electron chi connectivity index (χ2n) is 6.50. The summed E-state index contributed by atoms with van der Waals surface area (Å²) >= 11 is 0. The quantitative estimate of drug-likeness (QED) is 0.723. The molecule has 4 N–H and O–H groups in total. The molecular weight excluding hydrogens is 296 g/mol. The van der Waals surface area contributed by atoms with Crippen LogP contribution in [0.3, 0.4) is 0 Å². The largest absolute Gasteiger partial charge is 0.395 e. The minimum absolute atomic E-state index is 0.0608. The maximum absolute atomic E-state index is 9.42. The summed E-state index contributed by atoms with van der Waals surface area (Å²) in [6.45, 7) is -0.122. The molecule has 0 aliphatic heterocycles. The second-order valence-corrected chi connectivity index (χ2v) is 6.50. The summed E-state index contributed by atoms with van der Waals surface area (Å²) in [4.78, 5) is 15.2. The monoisotopic (exact) mass is 316 g/mol. The van der Waals surface area contributed by atoms with Crippen LogP contribution in [-0.4, -0.2) is 56.0 Å². The van der Waals surface area contributed by atoms with Gasteiger partial charge in [-0.25, -0.2) is 4.98 Å². The number of fused-ring (bicyclic) bond motifs is 1. The Hall–Kier alpha value is -2.19. The van der Waals surface area contributed by atoms with Crippen molar-refractivity contribution in [3.63, 3.8) is 0 Å². The molecular formula is C15H20N6O2. The van der Waals surface area contributed by atoms with Crippen molar-refractivity contribution in [1.29, 1.82) is 0 Å². The standard InChI is InChI=1S/C15H20N6O2/c1-20(10-2-3-10)12-11-13(19-14(16)18-12)21(8-17-11)5-9-4-15(9,6-22)7-23/h5,8,10,22-23H,2-4,6-7H2,1H3,(H2,16,18,19)/b9-5-. The average molecular weight is 316 g/mol. The molecule has 4 rings (SSSR count). The van der Waals surface area contributed by atoms with Crippen LogP contribution in [0, 0.1) is 5.41 Å².